The van der Waals surface area contributed by atoms with Crippen LogP contribution in [0.15, 0.2) is 89.8 Å². The van der Waals surface area contributed by atoms with Gasteiger partial charge < -0.3 is 9.47 Å². The Bertz CT molecular complexity index is 1320. The van der Waals surface area contributed by atoms with Crippen LogP contribution in [0.1, 0.15) is 22.6 Å². The molecule has 0 spiro atoms. The molecule has 3 rings (SSSR count). The summed E-state index contributed by atoms with van der Waals surface area (Å²) in [6, 6.07) is 21.6. The van der Waals surface area contributed by atoms with Gasteiger partial charge in [0.05, 0.1) is 24.8 Å². The lowest BCUT2D eigenvalue weighted by Gasteiger charge is -2.23. The van der Waals surface area contributed by atoms with Crippen molar-refractivity contribution in [1.29, 1.82) is 0 Å². The normalized spacial score (nSPS) is 12.6. The zero-order valence-corrected chi connectivity index (χ0v) is 21.5. The second-order valence-corrected chi connectivity index (χ2v) is 10.1. The zero-order chi connectivity index (χ0) is 26.3. The summed E-state index contributed by atoms with van der Waals surface area (Å²) in [6.45, 7) is 1.85. The van der Waals surface area contributed by atoms with Crippen LogP contribution in [0.4, 0.5) is 0 Å². The molecule has 0 aliphatic heterocycles. The standard InChI is InChI=1S/C27H26ClNO6S/c1-18-9-15-22(16-10-18)36(32,33)29-24(20-11-13-21(28)14-12-20)17-23(19-7-5-4-6-8-19)25(26(30)34-2)27(31)35-3/h4-17,23,25,29H,1-3H3/b24-17+/t23-/m0/s1. The minimum atomic E-state index is -4.02. The molecule has 0 fully saturated rings. The third-order valence-corrected chi connectivity index (χ3v) is 7.16. The van der Waals surface area contributed by atoms with Gasteiger partial charge in [0.25, 0.3) is 10.0 Å². The largest absolute Gasteiger partial charge is 0.468 e. The molecular weight excluding hydrogens is 502 g/mol. The maximum atomic E-state index is 13.3. The lowest BCUT2D eigenvalue weighted by atomic mass is 9.84. The first kappa shape index (κ1) is 27.0. The summed E-state index contributed by atoms with van der Waals surface area (Å²) in [5, 5.41) is 0.459. The van der Waals surface area contributed by atoms with E-state index in [0.29, 0.717) is 16.1 Å². The zero-order valence-electron chi connectivity index (χ0n) is 20.0. The first-order valence-corrected chi connectivity index (χ1v) is 12.8. The van der Waals surface area contributed by atoms with Gasteiger partial charge in [0.15, 0.2) is 5.92 Å². The van der Waals surface area contributed by atoms with Gasteiger partial charge in [0, 0.05) is 10.9 Å². The molecule has 0 radical (unpaired) electrons. The number of sulfonamides is 1. The van der Waals surface area contributed by atoms with Crippen molar-refractivity contribution in [3.05, 3.63) is 107 Å². The van der Waals surface area contributed by atoms with Gasteiger partial charge in [0.1, 0.15) is 0 Å². The van der Waals surface area contributed by atoms with E-state index in [0.717, 1.165) is 5.56 Å². The van der Waals surface area contributed by atoms with Gasteiger partial charge in [-0.1, -0.05) is 77.8 Å². The van der Waals surface area contributed by atoms with Crippen molar-refractivity contribution in [3.63, 3.8) is 0 Å². The van der Waals surface area contributed by atoms with Crippen molar-refractivity contribution in [2.24, 2.45) is 5.92 Å². The minimum absolute atomic E-state index is 0.0571. The molecular formula is C27H26ClNO6S. The molecule has 0 amide bonds. The van der Waals surface area contributed by atoms with E-state index >= 15 is 0 Å². The van der Waals surface area contributed by atoms with Crippen LogP contribution in [0.5, 0.6) is 0 Å². The molecule has 1 N–H and O–H groups in total. The topological polar surface area (TPSA) is 98.8 Å². The average Bonchev–Trinajstić information content (AvgIpc) is 2.88. The summed E-state index contributed by atoms with van der Waals surface area (Å²) < 4.78 is 39.0. The molecule has 0 unspecified atom stereocenters. The van der Waals surface area contributed by atoms with E-state index in [1.165, 1.54) is 32.4 Å². The molecule has 9 heteroatoms. The van der Waals surface area contributed by atoms with Gasteiger partial charge in [-0.25, -0.2) is 8.42 Å². The maximum Gasteiger partial charge on any atom is 0.321 e. The Morgan fingerprint density at radius 2 is 1.42 bits per heavy atom. The number of esters is 2. The Kier molecular flexibility index (Phi) is 8.90. The Hall–Kier alpha value is -3.62. The number of benzene rings is 3. The fraction of sp³-hybridized carbons (Fsp3) is 0.185. The van der Waals surface area contributed by atoms with E-state index in [9.17, 15) is 18.0 Å². The molecule has 0 saturated heterocycles. The molecule has 0 aliphatic rings. The van der Waals surface area contributed by atoms with Gasteiger partial charge >= 0.3 is 11.9 Å². The number of rotatable bonds is 9. The number of methoxy groups -OCH3 is 2. The van der Waals surface area contributed by atoms with E-state index in [1.807, 2.05) is 6.92 Å². The Balaban J connectivity index is 2.21. The van der Waals surface area contributed by atoms with Crippen molar-refractivity contribution < 1.29 is 27.5 Å². The smallest absolute Gasteiger partial charge is 0.321 e. The number of hydrogen-bond acceptors (Lipinski definition) is 6. The van der Waals surface area contributed by atoms with E-state index in [2.05, 4.69) is 4.72 Å². The number of aryl methyl sites for hydroxylation is 1. The van der Waals surface area contributed by atoms with Crippen LogP contribution in [0, 0.1) is 12.8 Å². The van der Waals surface area contributed by atoms with Gasteiger partial charge in [-0.05, 0) is 42.3 Å². The summed E-state index contributed by atoms with van der Waals surface area (Å²) in [6.07, 6.45) is 1.52. The average molecular weight is 528 g/mol. The van der Waals surface area contributed by atoms with E-state index < -0.39 is 33.8 Å². The SMILES string of the molecule is COC(=O)C(C(=O)OC)[C@@H](/C=C(/NS(=O)(=O)c1ccc(C)cc1)c1ccc(Cl)cc1)c1ccccc1. The molecule has 36 heavy (non-hydrogen) atoms. The number of carbonyl (C=O) groups excluding carboxylic acids is 2. The van der Waals surface area contributed by atoms with Crippen LogP contribution in [0.2, 0.25) is 5.02 Å². The lowest BCUT2D eigenvalue weighted by Crippen LogP contribution is -2.32. The lowest BCUT2D eigenvalue weighted by molar-refractivity contribution is -0.159. The maximum absolute atomic E-state index is 13.3. The molecule has 7 nitrogen and oxygen atoms in total. The Labute approximate surface area is 215 Å². The third kappa shape index (κ3) is 6.53. The highest BCUT2D eigenvalue weighted by atomic mass is 35.5. The molecule has 1 atom stereocenters. The summed E-state index contributed by atoms with van der Waals surface area (Å²) in [7, 11) is -1.68. The van der Waals surface area contributed by atoms with Crippen LogP contribution < -0.4 is 4.72 Å². The summed E-state index contributed by atoms with van der Waals surface area (Å²) in [4.78, 5) is 25.5. The van der Waals surface area contributed by atoms with Crippen LogP contribution in [0.25, 0.3) is 5.70 Å². The van der Waals surface area contributed by atoms with Crippen LogP contribution >= 0.6 is 11.6 Å². The van der Waals surface area contributed by atoms with E-state index in [-0.39, 0.29) is 10.6 Å². The fourth-order valence-electron chi connectivity index (χ4n) is 3.62. The van der Waals surface area contributed by atoms with Crippen LogP contribution in [0.3, 0.4) is 0 Å². The Morgan fingerprint density at radius 3 is 1.94 bits per heavy atom. The van der Waals surface area contributed by atoms with Crippen molar-refractivity contribution in [1.82, 2.24) is 4.72 Å². The third-order valence-electron chi connectivity index (χ3n) is 5.53. The van der Waals surface area contributed by atoms with Crippen LogP contribution in [-0.4, -0.2) is 34.6 Å². The van der Waals surface area contributed by atoms with Crippen molar-refractivity contribution >= 4 is 39.3 Å². The van der Waals surface area contributed by atoms with Gasteiger partial charge in [0.2, 0.25) is 0 Å². The second kappa shape index (κ2) is 11.9. The van der Waals surface area contributed by atoms with E-state index in [4.69, 9.17) is 21.1 Å². The quantitative estimate of drug-likeness (QED) is 0.319. The van der Waals surface area contributed by atoms with Crippen molar-refractivity contribution in [2.75, 3.05) is 14.2 Å². The number of halogens is 1. The summed E-state index contributed by atoms with van der Waals surface area (Å²) >= 11 is 6.05. The molecule has 0 heterocycles. The van der Waals surface area contributed by atoms with Crippen LogP contribution in [-0.2, 0) is 29.1 Å². The number of ether oxygens (including phenoxy) is 2. The first-order chi connectivity index (χ1) is 17.2. The highest BCUT2D eigenvalue weighted by Gasteiger charge is 2.37. The van der Waals surface area contributed by atoms with Crippen molar-refractivity contribution in [2.45, 2.75) is 17.7 Å². The van der Waals surface area contributed by atoms with E-state index in [1.54, 1.807) is 66.7 Å². The molecule has 0 aromatic heterocycles. The number of nitrogens with one attached hydrogen (secondary N) is 1. The van der Waals surface area contributed by atoms with Crippen molar-refractivity contribution in [3.8, 4) is 0 Å². The van der Waals surface area contributed by atoms with Gasteiger partial charge in [-0.2, -0.15) is 0 Å². The molecule has 0 saturated carbocycles. The highest BCUT2D eigenvalue weighted by molar-refractivity contribution is 7.89. The number of carbonyl (C=O) groups is 2. The highest BCUT2D eigenvalue weighted by Crippen LogP contribution is 2.32. The summed E-state index contributed by atoms with van der Waals surface area (Å²) in [5.41, 5.74) is 2.12. The predicted octanol–water partition coefficient (Wildman–Crippen LogP) is 4.71. The van der Waals surface area contributed by atoms with Gasteiger partial charge in [-0.3, -0.25) is 14.3 Å². The number of allylic oxidation sites excluding steroid dienone is 1. The van der Waals surface area contributed by atoms with Gasteiger partial charge in [-0.15, -0.1) is 0 Å². The Morgan fingerprint density at radius 1 is 0.861 bits per heavy atom. The molecule has 188 valence electrons. The second-order valence-electron chi connectivity index (χ2n) is 7.97. The molecule has 0 bridgehead atoms. The summed E-state index contributed by atoms with van der Waals surface area (Å²) in [5.74, 6) is -3.93. The monoisotopic (exact) mass is 527 g/mol. The molecule has 3 aromatic carbocycles. The molecule has 3 aromatic rings. The minimum Gasteiger partial charge on any atom is -0.468 e. The number of hydrogen-bond donors (Lipinski definition) is 1. The first-order valence-electron chi connectivity index (χ1n) is 10.9. The molecule has 0 aliphatic carbocycles. The fourth-order valence-corrected chi connectivity index (χ4v) is 4.84. The predicted molar refractivity (Wildman–Crippen MR) is 138 cm³/mol.